The van der Waals surface area contributed by atoms with E-state index in [0.29, 0.717) is 25.7 Å². The zero-order valence-corrected chi connectivity index (χ0v) is 68.2. The van der Waals surface area contributed by atoms with Crippen molar-refractivity contribution in [3.8, 4) is 0 Å². The zero-order valence-electron chi connectivity index (χ0n) is 65.0. The number of hydrogen-bond donors (Lipinski definition) is 2. The molecule has 0 aliphatic rings. The summed E-state index contributed by atoms with van der Waals surface area (Å²) in [7, 11) is 0. The molecule has 0 aliphatic heterocycles. The molecular weight excluding hydrogens is 1460 g/mol. The van der Waals surface area contributed by atoms with Crippen molar-refractivity contribution in [3.63, 3.8) is 0 Å². The number of carbonyl (C=O) groups excluding carboxylic acids is 4. The lowest BCUT2D eigenvalue weighted by atomic mass is 9.84. The van der Waals surface area contributed by atoms with Crippen molar-refractivity contribution in [1.82, 2.24) is 10.6 Å². The summed E-state index contributed by atoms with van der Waals surface area (Å²) >= 11 is 7.68. The average Bonchev–Trinajstić information content (AvgIpc) is 0.783. The summed E-state index contributed by atoms with van der Waals surface area (Å²) in [5.41, 5.74) is 12.8. The third-order valence-electron chi connectivity index (χ3n) is 21.5. The number of nitrogens with one attached hydrogen (secondary N) is 2. The Balaban J connectivity index is 0.765. The predicted octanol–water partition coefficient (Wildman–Crippen LogP) is 25.0. The Morgan fingerprint density at radius 1 is 0.195 bits per heavy atom. The number of benzene rings is 12. The van der Waals surface area contributed by atoms with Gasteiger partial charge in [-0.15, -0.1) is 47.0 Å². The lowest BCUT2D eigenvalue weighted by Gasteiger charge is -2.36. The number of unbranched alkanes of at least 4 members (excludes halogenated alkanes) is 8. The third kappa shape index (κ3) is 21.6. The topological polar surface area (TPSA) is 92.3 Å². The van der Waals surface area contributed by atoms with E-state index >= 15 is 19.2 Å². The van der Waals surface area contributed by atoms with Gasteiger partial charge in [0, 0.05) is 38.5 Å². The van der Waals surface area contributed by atoms with E-state index in [0.717, 1.165) is 74.4 Å². The molecule has 0 heterocycles. The highest BCUT2D eigenvalue weighted by molar-refractivity contribution is 8.01. The maximum atomic E-state index is 15.1. The number of ketones is 2. The van der Waals surface area contributed by atoms with E-state index in [2.05, 4.69) is 375 Å². The van der Waals surface area contributed by atoms with Crippen LogP contribution in [-0.4, -0.2) is 52.1 Å². The summed E-state index contributed by atoms with van der Waals surface area (Å²) < 4.78 is -1.86. The fourth-order valence-electron chi connectivity index (χ4n) is 16.1. The summed E-state index contributed by atoms with van der Waals surface area (Å²) in [5, 5.41) is 6.59. The highest BCUT2D eigenvalue weighted by Gasteiger charge is 2.42. The second-order valence-corrected chi connectivity index (χ2v) is 34.6. The summed E-state index contributed by atoms with van der Waals surface area (Å²) in [4.78, 5) is 60.2. The average molecular weight is 1560 g/mol. The van der Waals surface area contributed by atoms with E-state index in [4.69, 9.17) is 0 Å². The molecule has 0 saturated heterocycles. The molecule has 0 saturated carbocycles. The maximum Gasteiger partial charge on any atom is 0.221 e. The van der Waals surface area contributed by atoms with Crippen LogP contribution < -0.4 is 10.6 Å². The number of amides is 2. The molecule has 12 aromatic carbocycles. The summed E-state index contributed by atoms with van der Waals surface area (Å²) in [5.74, 6) is 2.57. The third-order valence-corrected chi connectivity index (χ3v) is 28.0. The first-order chi connectivity index (χ1) is 55.7. The lowest BCUT2D eigenvalue weighted by Crippen LogP contribution is -2.62. The van der Waals surface area contributed by atoms with Crippen LogP contribution in [0.3, 0.4) is 0 Å². The van der Waals surface area contributed by atoms with Crippen LogP contribution >= 0.6 is 47.0 Å². The van der Waals surface area contributed by atoms with Crippen molar-refractivity contribution < 1.29 is 19.2 Å². The van der Waals surface area contributed by atoms with Gasteiger partial charge in [-0.2, -0.15) is 0 Å². The molecule has 12 rings (SSSR count). The molecule has 2 amide bonds. The van der Waals surface area contributed by atoms with Crippen molar-refractivity contribution in [2.24, 2.45) is 0 Å². The Kier molecular flexibility index (Phi) is 31.5. The van der Waals surface area contributed by atoms with E-state index in [1.165, 1.54) is 66.8 Å². The molecule has 0 atom stereocenters. The Morgan fingerprint density at radius 3 is 0.504 bits per heavy atom. The van der Waals surface area contributed by atoms with E-state index in [-0.39, 0.29) is 61.9 Å². The standard InChI is InChI=1S/C103H106N2O4S4/c106-95(73-41-13-45-77-110-100(83-49-17-1-18-50-83,84-51-19-2-20-52-84)85-53-21-3-22-54-85)81-99(82-96(107)74-42-14-46-78-111-101(86-55-23-4-24-56-86,87-57-25-5-26-58-87)88-59-27-6-28-60-88,104-97(108)75-43-15-47-79-112-102(89-61-29-7-30-62-89,90-63-31-8-32-64-90)91-65-33-9-34-66-91)105-98(109)76-44-16-48-80-113-103(92-67-35-10-36-68-92,93-69-37-11-38-70-93)94-71-39-12-40-72-94/h1-12,17-40,49-72H,13-16,41-48,73-82H2,(H,104,108)(H,105,109). The Bertz CT molecular complexity index is 3770. The Labute approximate surface area is 689 Å². The number of carbonyl (C=O) groups is 4. The number of rotatable bonds is 46. The van der Waals surface area contributed by atoms with Crippen molar-refractivity contribution in [2.45, 2.75) is 140 Å². The van der Waals surface area contributed by atoms with Crippen LogP contribution in [0.25, 0.3) is 0 Å². The van der Waals surface area contributed by atoms with Crippen molar-refractivity contribution in [2.75, 3.05) is 23.0 Å². The van der Waals surface area contributed by atoms with Crippen molar-refractivity contribution in [1.29, 1.82) is 0 Å². The number of thioether (sulfide) groups is 4. The van der Waals surface area contributed by atoms with Gasteiger partial charge >= 0.3 is 0 Å². The molecule has 576 valence electrons. The highest BCUT2D eigenvalue weighted by Crippen LogP contribution is 2.53. The molecule has 12 aromatic rings. The molecule has 0 bridgehead atoms. The van der Waals surface area contributed by atoms with Gasteiger partial charge in [0.1, 0.15) is 17.2 Å². The second-order valence-electron chi connectivity index (χ2n) is 29.4. The van der Waals surface area contributed by atoms with Crippen LogP contribution in [0.2, 0.25) is 0 Å². The molecule has 0 fully saturated rings. The maximum absolute atomic E-state index is 15.1. The first kappa shape index (κ1) is 82.8. The fraction of sp³-hybridized carbons (Fsp3) is 0.262. The van der Waals surface area contributed by atoms with Crippen LogP contribution in [0.5, 0.6) is 0 Å². The Hall–Kier alpha value is -9.68. The second kappa shape index (κ2) is 43.0. The molecule has 0 unspecified atom stereocenters. The van der Waals surface area contributed by atoms with Gasteiger partial charge in [0.05, 0.1) is 19.0 Å². The molecule has 0 radical (unpaired) electrons. The molecule has 6 nitrogen and oxygen atoms in total. The molecule has 0 aromatic heterocycles. The normalized spacial score (nSPS) is 11.9. The van der Waals surface area contributed by atoms with Gasteiger partial charge < -0.3 is 10.6 Å². The van der Waals surface area contributed by atoms with Gasteiger partial charge in [-0.25, -0.2) is 0 Å². The van der Waals surface area contributed by atoms with E-state index in [1.807, 2.05) is 47.0 Å². The van der Waals surface area contributed by atoms with E-state index in [9.17, 15) is 0 Å². The molecular formula is C103H106N2O4S4. The molecule has 0 aliphatic carbocycles. The molecule has 113 heavy (non-hydrogen) atoms. The SMILES string of the molecule is O=C(CCCCCSC(c1ccccc1)(c1ccccc1)c1ccccc1)CC(CC(=O)CCCCCSC(c1ccccc1)(c1ccccc1)c1ccccc1)(NC(=O)CCCCCSC(c1ccccc1)(c1ccccc1)c1ccccc1)NC(=O)CCCCCSC(c1ccccc1)(c1ccccc1)c1ccccc1. The Morgan fingerprint density at radius 2 is 0.345 bits per heavy atom. The largest absolute Gasteiger partial charge is 0.333 e. The van der Waals surface area contributed by atoms with Gasteiger partial charge in [0.25, 0.3) is 0 Å². The van der Waals surface area contributed by atoms with Crippen molar-refractivity contribution >= 4 is 70.4 Å². The van der Waals surface area contributed by atoms with Crippen LogP contribution in [0, 0.1) is 0 Å². The molecule has 0 spiro atoms. The zero-order chi connectivity index (χ0) is 78.0. The van der Waals surface area contributed by atoms with Gasteiger partial charge in [-0.3, -0.25) is 19.2 Å². The van der Waals surface area contributed by atoms with Gasteiger partial charge in [0.15, 0.2) is 0 Å². The van der Waals surface area contributed by atoms with Gasteiger partial charge in [-0.05, 0) is 141 Å². The first-order valence-corrected chi connectivity index (χ1v) is 44.5. The quantitative estimate of drug-likeness (QED) is 0.0221. The highest BCUT2D eigenvalue weighted by atomic mass is 32.2. The summed E-state index contributed by atoms with van der Waals surface area (Å²) in [6, 6.07) is 129. The van der Waals surface area contributed by atoms with E-state index in [1.54, 1.807) is 0 Å². The number of Topliss-reactive ketones (excluding diaryl/α,β-unsaturated/α-hetero) is 2. The molecule has 10 heteroatoms. The van der Waals surface area contributed by atoms with Crippen LogP contribution in [-0.2, 0) is 38.2 Å². The molecule has 2 N–H and O–H groups in total. The fourth-order valence-corrected chi connectivity index (χ4v) is 22.3. The van der Waals surface area contributed by atoms with Crippen LogP contribution in [0.1, 0.15) is 182 Å². The van der Waals surface area contributed by atoms with E-state index < -0.39 is 24.7 Å². The minimum Gasteiger partial charge on any atom is -0.333 e. The van der Waals surface area contributed by atoms with Gasteiger partial charge in [-0.1, -0.05) is 390 Å². The minimum atomic E-state index is -1.64. The van der Waals surface area contributed by atoms with Crippen LogP contribution in [0.15, 0.2) is 364 Å². The minimum absolute atomic E-state index is 0.0967. The number of hydrogen-bond acceptors (Lipinski definition) is 8. The van der Waals surface area contributed by atoms with Crippen LogP contribution in [0.4, 0.5) is 0 Å². The van der Waals surface area contributed by atoms with Crippen molar-refractivity contribution in [3.05, 3.63) is 431 Å². The monoisotopic (exact) mass is 1560 g/mol. The smallest absolute Gasteiger partial charge is 0.221 e. The lowest BCUT2D eigenvalue weighted by molar-refractivity contribution is -0.131. The van der Waals surface area contributed by atoms with Gasteiger partial charge in [0.2, 0.25) is 11.8 Å². The predicted molar refractivity (Wildman–Crippen MR) is 479 cm³/mol. The summed E-state index contributed by atoms with van der Waals surface area (Å²) in [6.45, 7) is 0. The first-order valence-electron chi connectivity index (χ1n) is 40.5. The summed E-state index contributed by atoms with van der Waals surface area (Å²) in [6.07, 6.45) is 9.39.